The Morgan fingerprint density at radius 1 is 1.25 bits per heavy atom. The Labute approximate surface area is 127 Å². The summed E-state index contributed by atoms with van der Waals surface area (Å²) >= 11 is 8.88. The van der Waals surface area contributed by atoms with Crippen molar-refractivity contribution in [2.75, 3.05) is 5.32 Å². The maximum Gasteiger partial charge on any atom is 0.418 e. The average Bonchev–Trinajstić information content (AvgIpc) is 2.33. The molecule has 1 N–H and O–H groups in total. The minimum atomic E-state index is -4.49. The molecule has 2 rings (SSSR count). The van der Waals surface area contributed by atoms with Crippen LogP contribution < -0.4 is 5.32 Å². The van der Waals surface area contributed by atoms with Crippen molar-refractivity contribution in [2.24, 2.45) is 0 Å². The molecule has 0 bridgehead atoms. The monoisotopic (exact) mass is 364 g/mol. The van der Waals surface area contributed by atoms with E-state index in [-0.39, 0.29) is 10.7 Å². The fourth-order valence-corrected chi connectivity index (χ4v) is 2.28. The van der Waals surface area contributed by atoms with Gasteiger partial charge in [0.2, 0.25) is 0 Å². The molecule has 7 heteroatoms. The van der Waals surface area contributed by atoms with Gasteiger partial charge in [0.05, 0.1) is 11.3 Å². The highest BCUT2D eigenvalue weighted by Crippen LogP contribution is 2.37. The van der Waals surface area contributed by atoms with Gasteiger partial charge in [0.15, 0.2) is 0 Å². The quantitative estimate of drug-likeness (QED) is 0.753. The molecule has 0 aliphatic rings. The van der Waals surface area contributed by atoms with Gasteiger partial charge in [0.1, 0.15) is 5.82 Å². The standard InChI is InChI=1S/C13H9BrClF3N2/c1-7-4-8(14)6-19-12(7)20-11-3-2-9(15)5-10(11)13(16,17)18/h2-6H,1H3,(H,19,20). The second kappa shape index (κ2) is 5.61. The van der Waals surface area contributed by atoms with E-state index in [2.05, 4.69) is 26.2 Å². The molecule has 106 valence electrons. The van der Waals surface area contributed by atoms with Crippen LogP contribution in [0.15, 0.2) is 34.9 Å². The number of pyridine rings is 1. The fourth-order valence-electron chi connectivity index (χ4n) is 1.66. The largest absolute Gasteiger partial charge is 0.418 e. The van der Waals surface area contributed by atoms with Crippen LogP contribution in [0.25, 0.3) is 0 Å². The van der Waals surface area contributed by atoms with Gasteiger partial charge in [0.25, 0.3) is 0 Å². The first-order chi connectivity index (χ1) is 9.27. The molecule has 0 aliphatic heterocycles. The second-order valence-electron chi connectivity index (χ2n) is 4.13. The van der Waals surface area contributed by atoms with Crippen LogP contribution in [-0.2, 0) is 6.18 Å². The number of aromatic nitrogens is 1. The average molecular weight is 366 g/mol. The minimum absolute atomic E-state index is 0.0309. The summed E-state index contributed by atoms with van der Waals surface area (Å²) in [7, 11) is 0. The highest BCUT2D eigenvalue weighted by Gasteiger charge is 2.34. The van der Waals surface area contributed by atoms with Crippen LogP contribution in [0, 0.1) is 6.92 Å². The maximum absolute atomic E-state index is 13.0. The topological polar surface area (TPSA) is 24.9 Å². The maximum atomic E-state index is 13.0. The van der Waals surface area contributed by atoms with Crippen LogP contribution >= 0.6 is 27.5 Å². The van der Waals surface area contributed by atoms with E-state index >= 15 is 0 Å². The van der Waals surface area contributed by atoms with E-state index in [1.54, 1.807) is 13.0 Å². The molecule has 1 heterocycles. The van der Waals surface area contributed by atoms with Crippen LogP contribution in [0.5, 0.6) is 0 Å². The van der Waals surface area contributed by atoms with Crippen molar-refractivity contribution >= 4 is 39.0 Å². The summed E-state index contributed by atoms with van der Waals surface area (Å²) in [5, 5.41) is 2.72. The predicted octanol–water partition coefficient (Wildman–Crippen LogP) is 5.57. The Bertz CT molecular complexity index is 644. The molecular weight excluding hydrogens is 357 g/mol. The summed E-state index contributed by atoms with van der Waals surface area (Å²) in [5.74, 6) is 0.362. The third kappa shape index (κ3) is 3.43. The molecule has 0 atom stereocenters. The molecular formula is C13H9BrClF3N2. The van der Waals surface area contributed by atoms with E-state index in [4.69, 9.17) is 11.6 Å². The van der Waals surface area contributed by atoms with Crippen molar-refractivity contribution in [2.45, 2.75) is 13.1 Å². The van der Waals surface area contributed by atoms with Gasteiger partial charge < -0.3 is 5.32 Å². The molecule has 1 aromatic carbocycles. The van der Waals surface area contributed by atoms with Gasteiger partial charge >= 0.3 is 6.18 Å². The van der Waals surface area contributed by atoms with E-state index in [0.29, 0.717) is 5.82 Å². The Kier molecular flexibility index (Phi) is 4.25. The van der Waals surface area contributed by atoms with Crippen LogP contribution in [0.4, 0.5) is 24.7 Å². The smallest absolute Gasteiger partial charge is 0.340 e. The van der Waals surface area contributed by atoms with Crippen molar-refractivity contribution in [3.63, 3.8) is 0 Å². The molecule has 0 amide bonds. The van der Waals surface area contributed by atoms with E-state index in [1.807, 2.05) is 0 Å². The lowest BCUT2D eigenvalue weighted by Gasteiger charge is -2.15. The molecule has 2 nitrogen and oxygen atoms in total. The van der Waals surface area contributed by atoms with Gasteiger partial charge in [-0.1, -0.05) is 11.6 Å². The first-order valence-electron chi connectivity index (χ1n) is 5.53. The molecule has 20 heavy (non-hydrogen) atoms. The molecule has 0 saturated heterocycles. The molecule has 0 fully saturated rings. The third-order valence-corrected chi connectivity index (χ3v) is 3.25. The van der Waals surface area contributed by atoms with Gasteiger partial charge in [0, 0.05) is 15.7 Å². The molecule has 2 aromatic rings. The fraction of sp³-hybridized carbons (Fsp3) is 0.154. The highest BCUT2D eigenvalue weighted by atomic mass is 79.9. The number of alkyl halides is 3. The van der Waals surface area contributed by atoms with E-state index in [0.717, 1.165) is 16.1 Å². The summed E-state index contributed by atoms with van der Waals surface area (Å²) in [4.78, 5) is 4.06. The second-order valence-corrected chi connectivity index (χ2v) is 5.48. The van der Waals surface area contributed by atoms with Crippen molar-refractivity contribution in [1.29, 1.82) is 0 Å². The number of rotatable bonds is 2. The number of hydrogen-bond acceptors (Lipinski definition) is 2. The SMILES string of the molecule is Cc1cc(Br)cnc1Nc1ccc(Cl)cc1C(F)(F)F. The number of nitrogens with one attached hydrogen (secondary N) is 1. The number of hydrogen-bond donors (Lipinski definition) is 1. The Balaban J connectivity index is 2.43. The molecule has 1 aromatic heterocycles. The van der Waals surface area contributed by atoms with Gasteiger partial charge in [-0.05, 0) is 52.7 Å². The first kappa shape index (κ1) is 15.1. The number of benzene rings is 1. The molecule has 0 unspecified atom stereocenters. The third-order valence-electron chi connectivity index (χ3n) is 2.58. The number of anilines is 2. The van der Waals surface area contributed by atoms with Crippen molar-refractivity contribution in [1.82, 2.24) is 4.98 Å². The van der Waals surface area contributed by atoms with Crippen molar-refractivity contribution in [3.05, 3.63) is 51.1 Å². The lowest BCUT2D eigenvalue weighted by molar-refractivity contribution is -0.136. The van der Waals surface area contributed by atoms with E-state index in [9.17, 15) is 13.2 Å². The van der Waals surface area contributed by atoms with Gasteiger partial charge in [-0.15, -0.1) is 0 Å². The van der Waals surface area contributed by atoms with Crippen LogP contribution in [0.2, 0.25) is 5.02 Å². The zero-order valence-electron chi connectivity index (χ0n) is 10.2. The molecule has 0 saturated carbocycles. The van der Waals surface area contributed by atoms with Crippen molar-refractivity contribution in [3.8, 4) is 0 Å². The number of halogens is 5. The zero-order chi connectivity index (χ0) is 14.9. The first-order valence-corrected chi connectivity index (χ1v) is 6.70. The molecule has 0 spiro atoms. The molecule has 0 radical (unpaired) electrons. The number of aryl methyl sites for hydroxylation is 1. The Hall–Kier alpha value is -1.27. The summed E-state index contributed by atoms with van der Waals surface area (Å²) < 4.78 is 39.7. The molecule has 0 aliphatic carbocycles. The predicted molar refractivity (Wildman–Crippen MR) is 76.4 cm³/mol. The lowest BCUT2D eigenvalue weighted by atomic mass is 10.1. The van der Waals surface area contributed by atoms with Gasteiger partial charge in [-0.25, -0.2) is 4.98 Å². The summed E-state index contributed by atoms with van der Waals surface area (Å²) in [6, 6.07) is 5.33. The Morgan fingerprint density at radius 2 is 1.95 bits per heavy atom. The summed E-state index contributed by atoms with van der Waals surface area (Å²) in [6.07, 6.45) is -2.98. The van der Waals surface area contributed by atoms with Crippen molar-refractivity contribution < 1.29 is 13.2 Å². The van der Waals surface area contributed by atoms with Gasteiger partial charge in [-0.3, -0.25) is 0 Å². The summed E-state index contributed by atoms with van der Waals surface area (Å²) in [5.41, 5.74) is -0.184. The lowest BCUT2D eigenvalue weighted by Crippen LogP contribution is -2.09. The van der Waals surface area contributed by atoms with Gasteiger partial charge in [-0.2, -0.15) is 13.2 Å². The van der Waals surface area contributed by atoms with Crippen LogP contribution in [0.3, 0.4) is 0 Å². The zero-order valence-corrected chi connectivity index (χ0v) is 12.6. The van der Waals surface area contributed by atoms with Crippen LogP contribution in [-0.4, -0.2) is 4.98 Å². The number of nitrogens with zero attached hydrogens (tertiary/aromatic N) is 1. The van der Waals surface area contributed by atoms with E-state index < -0.39 is 11.7 Å². The van der Waals surface area contributed by atoms with Crippen LogP contribution in [0.1, 0.15) is 11.1 Å². The summed E-state index contributed by atoms with van der Waals surface area (Å²) in [6.45, 7) is 1.75. The Morgan fingerprint density at radius 3 is 2.55 bits per heavy atom. The normalized spacial score (nSPS) is 11.5. The highest BCUT2D eigenvalue weighted by molar-refractivity contribution is 9.10. The minimum Gasteiger partial charge on any atom is -0.340 e. The van der Waals surface area contributed by atoms with E-state index in [1.165, 1.54) is 18.3 Å².